The van der Waals surface area contributed by atoms with Crippen molar-refractivity contribution in [2.24, 2.45) is 17.8 Å². The summed E-state index contributed by atoms with van der Waals surface area (Å²) >= 11 is 0. The van der Waals surface area contributed by atoms with Crippen LogP contribution >= 0.6 is 0 Å². The van der Waals surface area contributed by atoms with Gasteiger partial charge < -0.3 is 33.9 Å². The third-order valence-electron chi connectivity index (χ3n) is 9.30. The van der Waals surface area contributed by atoms with E-state index >= 15 is 0 Å². The molecule has 8 atom stereocenters. The van der Waals surface area contributed by atoms with Gasteiger partial charge in [0.1, 0.15) is 6.61 Å². The van der Waals surface area contributed by atoms with Crippen molar-refractivity contribution in [1.29, 1.82) is 0 Å². The molecule has 0 aromatic heterocycles. The van der Waals surface area contributed by atoms with E-state index in [9.17, 15) is 9.59 Å². The second kappa shape index (κ2) is 17.5. The third kappa shape index (κ3) is 11.2. The number of rotatable bonds is 17. The Kier molecular flexibility index (Phi) is 14.5. The van der Waals surface area contributed by atoms with Crippen molar-refractivity contribution >= 4 is 12.0 Å². The molecule has 0 radical (unpaired) electrons. The number of amides is 2. The highest BCUT2D eigenvalue weighted by Crippen LogP contribution is 2.47. The van der Waals surface area contributed by atoms with Crippen LogP contribution in [0.15, 0.2) is 23.8 Å². The van der Waals surface area contributed by atoms with Crippen molar-refractivity contribution in [2.45, 2.75) is 117 Å². The molecule has 3 saturated heterocycles. The van der Waals surface area contributed by atoms with Crippen molar-refractivity contribution in [3.63, 3.8) is 0 Å². The maximum Gasteiger partial charge on any atom is 0.409 e. The summed E-state index contributed by atoms with van der Waals surface area (Å²) in [5.41, 5.74) is 1.12. The molecule has 0 unspecified atom stereocenters. The number of methoxy groups -OCH3 is 1. The standard InChI is InChI=1S/C34H58N2O7/c1-8-29(39-7)27(5)32-34(6,43-32)22-24(2)12-11-13-25(3)31-26(4)14-15-28(42-31)23-35-30(37)16-19-40-20-21-41-33(38)36-17-9-10-18-36/h11-13,24,26-29,31-32H,8-10,14-23H2,1-7H3,(H,35,37)/b12-11+,25-13+/t24-,26+,27-,28-,29+,31-,32-,34-/m1/s1. The number of nitrogens with zero attached hydrogens (tertiary/aromatic N) is 1. The second-order valence-electron chi connectivity index (χ2n) is 13.1. The zero-order valence-electron chi connectivity index (χ0n) is 27.8. The van der Waals surface area contributed by atoms with Crippen LogP contribution in [0.1, 0.15) is 86.5 Å². The molecule has 2 amide bonds. The van der Waals surface area contributed by atoms with Crippen LogP contribution in [0.25, 0.3) is 0 Å². The fourth-order valence-electron chi connectivity index (χ4n) is 6.71. The van der Waals surface area contributed by atoms with Crippen LogP contribution in [0.3, 0.4) is 0 Å². The van der Waals surface area contributed by atoms with E-state index in [1.54, 1.807) is 12.0 Å². The maximum atomic E-state index is 12.3. The molecule has 3 aliphatic rings. The Labute approximate surface area is 260 Å². The molecule has 43 heavy (non-hydrogen) atoms. The summed E-state index contributed by atoms with van der Waals surface area (Å²) in [4.78, 5) is 25.9. The van der Waals surface area contributed by atoms with Crippen molar-refractivity contribution in [1.82, 2.24) is 10.2 Å². The molecule has 0 spiro atoms. The average molecular weight is 607 g/mol. The van der Waals surface area contributed by atoms with Gasteiger partial charge in [-0.1, -0.05) is 45.9 Å². The zero-order chi connectivity index (χ0) is 31.4. The SMILES string of the molecule is CC[C@H](OC)[C@@H](C)[C@H]1O[C@]1(C)C[C@H](C)/C=C/C=C(\C)[C@H]1O[C@@H](CNC(=O)CCOCCOC(=O)N2CCCC2)CC[C@@H]1C. The van der Waals surface area contributed by atoms with Crippen LogP contribution in [0, 0.1) is 17.8 Å². The smallest absolute Gasteiger partial charge is 0.409 e. The minimum absolute atomic E-state index is 0.00717. The molecule has 0 saturated carbocycles. The summed E-state index contributed by atoms with van der Waals surface area (Å²) in [7, 11) is 1.79. The average Bonchev–Trinajstić information content (AvgIpc) is 3.35. The van der Waals surface area contributed by atoms with Crippen molar-refractivity contribution in [3.8, 4) is 0 Å². The molecule has 3 aliphatic heterocycles. The van der Waals surface area contributed by atoms with Gasteiger partial charge in [0.05, 0.1) is 43.2 Å². The Morgan fingerprint density at radius 2 is 1.88 bits per heavy atom. The topological polar surface area (TPSA) is 98.9 Å². The first-order valence-corrected chi connectivity index (χ1v) is 16.5. The van der Waals surface area contributed by atoms with Gasteiger partial charge in [-0.3, -0.25) is 4.79 Å². The second-order valence-corrected chi connectivity index (χ2v) is 13.1. The Balaban J connectivity index is 1.32. The van der Waals surface area contributed by atoms with E-state index in [0.717, 1.165) is 51.6 Å². The first-order chi connectivity index (χ1) is 20.6. The highest BCUT2D eigenvalue weighted by atomic mass is 16.6. The fourth-order valence-corrected chi connectivity index (χ4v) is 6.71. The molecular weight excluding hydrogens is 548 g/mol. The summed E-state index contributed by atoms with van der Waals surface area (Å²) in [6.45, 7) is 16.1. The highest BCUT2D eigenvalue weighted by molar-refractivity contribution is 5.75. The summed E-state index contributed by atoms with van der Waals surface area (Å²) in [6.07, 6.45) is 13.1. The van der Waals surface area contributed by atoms with E-state index in [2.05, 4.69) is 65.1 Å². The van der Waals surface area contributed by atoms with Gasteiger partial charge in [0.15, 0.2) is 0 Å². The fraction of sp³-hybridized carbons (Fsp3) is 0.824. The van der Waals surface area contributed by atoms with Crippen LogP contribution in [0.4, 0.5) is 4.79 Å². The molecule has 3 fully saturated rings. The van der Waals surface area contributed by atoms with Crippen LogP contribution in [0.5, 0.6) is 0 Å². The molecule has 9 nitrogen and oxygen atoms in total. The van der Waals surface area contributed by atoms with Gasteiger partial charge in [0.2, 0.25) is 5.91 Å². The number of epoxide rings is 1. The quantitative estimate of drug-likeness (QED) is 0.129. The van der Waals surface area contributed by atoms with E-state index in [1.165, 1.54) is 5.57 Å². The number of ether oxygens (including phenoxy) is 5. The lowest BCUT2D eigenvalue weighted by Gasteiger charge is -2.35. The predicted octanol–water partition coefficient (Wildman–Crippen LogP) is 5.67. The monoisotopic (exact) mass is 606 g/mol. The molecular formula is C34H58N2O7. The number of hydrogen-bond acceptors (Lipinski definition) is 7. The molecule has 0 bridgehead atoms. The summed E-state index contributed by atoms with van der Waals surface area (Å²) in [6, 6.07) is 0. The van der Waals surface area contributed by atoms with Crippen LogP contribution < -0.4 is 5.32 Å². The van der Waals surface area contributed by atoms with Gasteiger partial charge in [-0.2, -0.15) is 0 Å². The number of nitrogens with one attached hydrogen (secondary N) is 1. The Morgan fingerprint density at radius 1 is 1.14 bits per heavy atom. The van der Waals surface area contributed by atoms with Gasteiger partial charge in [-0.15, -0.1) is 0 Å². The number of carbonyl (C=O) groups is 2. The molecule has 0 aromatic rings. The predicted molar refractivity (Wildman–Crippen MR) is 168 cm³/mol. The molecule has 3 heterocycles. The van der Waals surface area contributed by atoms with Gasteiger partial charge in [0, 0.05) is 39.1 Å². The molecule has 246 valence electrons. The van der Waals surface area contributed by atoms with Crippen LogP contribution in [-0.2, 0) is 28.5 Å². The third-order valence-corrected chi connectivity index (χ3v) is 9.30. The Bertz CT molecular complexity index is 930. The Hall–Kier alpha value is -1.94. The minimum atomic E-state index is -0.278. The van der Waals surface area contributed by atoms with E-state index < -0.39 is 0 Å². The van der Waals surface area contributed by atoms with Crippen LogP contribution in [0.2, 0.25) is 0 Å². The molecule has 1 N–H and O–H groups in total. The maximum absolute atomic E-state index is 12.3. The van der Waals surface area contributed by atoms with Crippen molar-refractivity contribution < 1.29 is 33.3 Å². The molecule has 9 heteroatoms. The number of allylic oxidation sites excluding steroid dienone is 3. The minimum Gasteiger partial charge on any atom is -0.447 e. The van der Waals surface area contributed by atoms with Crippen LogP contribution in [-0.4, -0.2) is 93.5 Å². The summed E-state index contributed by atoms with van der Waals surface area (Å²) < 4.78 is 28.9. The van der Waals surface area contributed by atoms with Gasteiger partial charge in [-0.25, -0.2) is 4.79 Å². The number of hydrogen-bond donors (Lipinski definition) is 1. The normalized spacial score (nSPS) is 29.8. The molecule has 3 rings (SSSR count). The van der Waals surface area contributed by atoms with E-state index in [4.69, 9.17) is 23.7 Å². The zero-order valence-corrected chi connectivity index (χ0v) is 27.8. The molecule has 0 aliphatic carbocycles. The number of likely N-dealkylation sites (tertiary alicyclic amines) is 1. The van der Waals surface area contributed by atoms with E-state index in [0.29, 0.717) is 30.9 Å². The molecule has 0 aromatic carbocycles. The number of carbonyl (C=O) groups excluding carboxylic acids is 2. The highest BCUT2D eigenvalue weighted by Gasteiger charge is 2.56. The lowest BCUT2D eigenvalue weighted by atomic mass is 9.86. The Morgan fingerprint density at radius 3 is 2.58 bits per heavy atom. The lowest BCUT2D eigenvalue weighted by molar-refractivity contribution is -0.124. The van der Waals surface area contributed by atoms with Gasteiger partial charge in [0.25, 0.3) is 0 Å². The van der Waals surface area contributed by atoms with Crippen molar-refractivity contribution in [2.75, 3.05) is 46.6 Å². The van der Waals surface area contributed by atoms with Gasteiger partial charge >= 0.3 is 6.09 Å². The largest absolute Gasteiger partial charge is 0.447 e. The first kappa shape index (κ1) is 35.5. The van der Waals surface area contributed by atoms with E-state index in [1.807, 2.05) is 0 Å². The summed E-state index contributed by atoms with van der Waals surface area (Å²) in [5.74, 6) is 1.15. The lowest BCUT2D eigenvalue weighted by Crippen LogP contribution is -2.41. The summed E-state index contributed by atoms with van der Waals surface area (Å²) in [5, 5.41) is 3.00. The van der Waals surface area contributed by atoms with Crippen molar-refractivity contribution in [3.05, 3.63) is 23.8 Å². The van der Waals surface area contributed by atoms with E-state index in [-0.39, 0.29) is 61.7 Å². The first-order valence-electron chi connectivity index (χ1n) is 16.5. The van der Waals surface area contributed by atoms with Gasteiger partial charge in [-0.05, 0) is 69.8 Å².